The second-order valence-electron chi connectivity index (χ2n) is 16.7. The van der Waals surface area contributed by atoms with Crippen LogP contribution in [0.5, 0.6) is 0 Å². The number of hydrogen-bond acceptors (Lipinski definition) is 2. The van der Waals surface area contributed by atoms with Gasteiger partial charge in [0.15, 0.2) is 0 Å². The van der Waals surface area contributed by atoms with Crippen LogP contribution in [0.2, 0.25) is 0 Å². The second kappa shape index (κ2) is 19.3. The summed E-state index contributed by atoms with van der Waals surface area (Å²) in [7, 11) is 0. The molecule has 0 amide bonds. The Labute approximate surface area is 398 Å². The van der Waals surface area contributed by atoms with E-state index in [0.717, 1.165) is 51.4 Å². The van der Waals surface area contributed by atoms with E-state index in [1.807, 2.05) is 0 Å². The van der Waals surface area contributed by atoms with E-state index in [9.17, 15) is 0 Å². The molecule has 9 rings (SSSR count). The Morgan fingerprint density at radius 2 is 0.516 bits per heavy atom. The number of hydrogen-bond donors (Lipinski definition) is 0. The normalized spacial score (nSPS) is 12.8. The van der Waals surface area contributed by atoms with Gasteiger partial charge in [0.1, 0.15) is 5.56 Å². The Hall–Kier alpha value is -4.84. The van der Waals surface area contributed by atoms with Gasteiger partial charge in [0.05, 0.1) is 11.1 Å². The van der Waals surface area contributed by atoms with Crippen LogP contribution in [0.25, 0.3) is 85.6 Å². The third-order valence-electron chi connectivity index (χ3n) is 13.4. The molecule has 0 atom stereocenters. The zero-order chi connectivity index (χ0) is 44.5. The first-order valence-corrected chi connectivity index (χ1v) is 27.0. The molecule has 0 N–H and O–H groups in total. The van der Waals surface area contributed by atoms with Crippen LogP contribution in [-0.2, 0) is 25.7 Å². The Balaban J connectivity index is 1.70. The molecule has 2 aliphatic heterocycles. The minimum Gasteiger partial charge on any atom is -0.134 e. The summed E-state index contributed by atoms with van der Waals surface area (Å²) in [4.78, 5) is 5.76. The zero-order valence-electron chi connectivity index (χ0n) is 38.8. The van der Waals surface area contributed by atoms with Crippen molar-refractivity contribution in [3.8, 4) is 44.5 Å². The fourth-order valence-electron chi connectivity index (χ4n) is 10.5. The van der Waals surface area contributed by atoms with Crippen molar-refractivity contribution in [3.05, 3.63) is 163 Å². The summed E-state index contributed by atoms with van der Waals surface area (Å²) in [5.41, 5.74) is 22.9. The second-order valence-corrected chi connectivity index (χ2v) is 20.7. The number of fused-ring (bicyclic) bond motifs is 8. The van der Waals surface area contributed by atoms with E-state index in [2.05, 4.69) is 222 Å². The van der Waals surface area contributed by atoms with Gasteiger partial charge in [-0.05, 0) is 95.9 Å². The topological polar surface area (TPSA) is 0 Å². The molecule has 322 valence electrons. The third-order valence-corrected chi connectivity index (χ3v) is 18.6. The quantitative estimate of drug-likeness (QED) is 0.107. The maximum absolute atomic E-state index is 2.39. The van der Waals surface area contributed by atoms with Crippen LogP contribution in [0.3, 0.4) is 0 Å². The minimum atomic E-state index is 0.981. The van der Waals surface area contributed by atoms with Gasteiger partial charge in [-0.15, -0.1) is 22.7 Å². The highest BCUT2D eigenvalue weighted by atomic mass is 32.1. The highest BCUT2D eigenvalue weighted by Crippen LogP contribution is 2.57. The summed E-state index contributed by atoms with van der Waals surface area (Å²) in [6, 6.07) is 45.6. The maximum Gasteiger partial charge on any atom is 0.248 e. The monoisotopic (exact) mass is 908 g/mol. The number of benzene rings is 4. The Bertz CT molecular complexity index is 2920. The van der Waals surface area contributed by atoms with Gasteiger partial charge < -0.3 is 0 Å². The van der Waals surface area contributed by atoms with Crippen molar-refractivity contribution in [2.75, 3.05) is 0 Å². The lowest BCUT2D eigenvalue weighted by Gasteiger charge is -2.08. The molecule has 0 aliphatic carbocycles. The van der Waals surface area contributed by atoms with E-state index in [0.29, 0.717) is 0 Å². The van der Waals surface area contributed by atoms with E-state index in [1.165, 1.54) is 127 Å². The number of aryl methyl sites for hydroxylation is 4. The molecule has 0 radical (unpaired) electrons. The third kappa shape index (κ3) is 7.49. The molecule has 4 heteroatoms. The summed E-state index contributed by atoms with van der Waals surface area (Å²) in [5, 5.41) is 0. The van der Waals surface area contributed by atoms with Crippen molar-refractivity contribution < 1.29 is 0 Å². The van der Waals surface area contributed by atoms with Crippen LogP contribution in [0.1, 0.15) is 123 Å². The highest BCUT2D eigenvalue weighted by Gasteiger charge is 2.42. The highest BCUT2D eigenvalue weighted by molar-refractivity contribution is 7.27. The van der Waals surface area contributed by atoms with Crippen molar-refractivity contribution in [3.63, 3.8) is 0 Å². The lowest BCUT2D eigenvalue weighted by atomic mass is 9.89. The predicted molar refractivity (Wildman–Crippen MR) is 291 cm³/mol. The molecule has 3 aromatic heterocycles. The minimum absolute atomic E-state index is 0.981. The first-order chi connectivity index (χ1) is 31.5. The molecule has 5 heterocycles. The Morgan fingerprint density at radius 1 is 0.281 bits per heavy atom. The molecule has 7 aromatic rings. The van der Waals surface area contributed by atoms with Gasteiger partial charge in [-0.1, -0.05) is 177 Å². The van der Waals surface area contributed by atoms with Crippen molar-refractivity contribution in [2.45, 2.75) is 107 Å². The van der Waals surface area contributed by atoms with Crippen LogP contribution < -0.4 is 0 Å². The molecule has 4 aromatic carbocycles. The first kappa shape index (κ1) is 44.4. The van der Waals surface area contributed by atoms with Gasteiger partial charge in [-0.25, -0.2) is 0 Å². The lowest BCUT2D eigenvalue weighted by Crippen LogP contribution is -1.92. The molecule has 0 saturated carbocycles. The smallest absolute Gasteiger partial charge is 0.134 e. The SMILES string of the molecule is CCC1=C(CC)c2[s+]c1c(-c1ccccc1)c1[s+]c(c(-c3ccccc3)c3sc(c(CC)c3CC)c(-c3ccccc3)c3sc(c(CC)c3CC)c2-c2ccccc2)C(CC)=C1CC. The zero-order valence-corrected chi connectivity index (χ0v) is 42.1. The first-order valence-electron chi connectivity index (χ1n) is 23.8. The van der Waals surface area contributed by atoms with Crippen LogP contribution in [-0.4, -0.2) is 0 Å². The molecule has 2 aliphatic rings. The summed E-state index contributed by atoms with van der Waals surface area (Å²) < 4.78 is 5.76. The average Bonchev–Trinajstić information content (AvgIpc) is 4.10. The summed E-state index contributed by atoms with van der Waals surface area (Å²) in [6.45, 7) is 19.1. The molecule has 0 spiro atoms. The maximum atomic E-state index is 2.39. The summed E-state index contributed by atoms with van der Waals surface area (Å²) in [6.07, 6.45) is 7.85. The number of thiophene rings is 2. The van der Waals surface area contributed by atoms with Crippen molar-refractivity contribution in [2.24, 2.45) is 0 Å². The fourth-order valence-corrected chi connectivity index (χ4v) is 17.3. The molecular weight excluding hydrogens is 849 g/mol. The predicted octanol–water partition coefficient (Wildman–Crippen LogP) is 20.1. The lowest BCUT2D eigenvalue weighted by molar-refractivity contribution is 1.07. The van der Waals surface area contributed by atoms with Gasteiger partial charge in [0, 0.05) is 46.7 Å². The van der Waals surface area contributed by atoms with E-state index < -0.39 is 0 Å². The summed E-state index contributed by atoms with van der Waals surface area (Å²) >= 11 is 8.27. The Kier molecular flexibility index (Phi) is 13.4. The molecule has 8 bridgehead atoms. The van der Waals surface area contributed by atoms with Crippen LogP contribution in [0.15, 0.2) is 121 Å². The van der Waals surface area contributed by atoms with Crippen molar-refractivity contribution in [1.29, 1.82) is 0 Å². The van der Waals surface area contributed by atoms with E-state index >= 15 is 0 Å². The van der Waals surface area contributed by atoms with E-state index in [4.69, 9.17) is 0 Å². The van der Waals surface area contributed by atoms with Crippen molar-refractivity contribution >= 4 is 86.4 Å². The summed E-state index contributed by atoms with van der Waals surface area (Å²) in [5.74, 6) is 0. The molecule has 0 nitrogen and oxygen atoms in total. The fraction of sp³-hybridized carbons (Fsp3) is 0.267. The van der Waals surface area contributed by atoms with Gasteiger partial charge in [-0.2, -0.15) is 0 Å². The van der Waals surface area contributed by atoms with Crippen LogP contribution in [0.4, 0.5) is 0 Å². The molecule has 0 fully saturated rings. The van der Waals surface area contributed by atoms with E-state index in [-0.39, 0.29) is 0 Å². The van der Waals surface area contributed by atoms with E-state index in [1.54, 1.807) is 0 Å². The van der Waals surface area contributed by atoms with Gasteiger partial charge >= 0.3 is 0 Å². The van der Waals surface area contributed by atoms with Gasteiger partial charge in [0.2, 0.25) is 42.2 Å². The molecule has 64 heavy (non-hydrogen) atoms. The van der Waals surface area contributed by atoms with Crippen LogP contribution in [0, 0.1) is 0 Å². The van der Waals surface area contributed by atoms with Gasteiger partial charge in [0.25, 0.3) is 0 Å². The number of allylic oxidation sites excluding steroid dienone is 4. The molecular formula is C60H60S4+2. The Morgan fingerprint density at radius 3 is 0.781 bits per heavy atom. The average molecular weight is 909 g/mol. The van der Waals surface area contributed by atoms with Gasteiger partial charge in [-0.3, -0.25) is 0 Å². The van der Waals surface area contributed by atoms with Crippen molar-refractivity contribution in [1.82, 2.24) is 0 Å². The largest absolute Gasteiger partial charge is 0.248 e. The van der Waals surface area contributed by atoms with Crippen LogP contribution >= 0.6 is 45.3 Å². The number of rotatable bonds is 12. The standard InChI is InChI=1S/C60H60S4/c1-9-41-42(10-2)54-50(38-31-23-18-24-32-38)56-45(13-5)46(14-6)58(63-56)52(40-35-27-20-28-36-40)60-48(16-8)47(15-7)59(64-60)51(39-33-25-19-26-34-39)57-44(12-4)43(11-3)55(62-57)49(53(41)61-54)37-29-21-17-22-30-37/h17-36H,9-16H2,1-8H3/q+2. The molecule has 0 saturated heterocycles. The molecule has 0 unspecified atom stereocenters.